The van der Waals surface area contributed by atoms with Gasteiger partial charge in [0.05, 0.1) is 27.8 Å². The number of methoxy groups -OCH3 is 3. The first-order valence-corrected chi connectivity index (χ1v) is 8.04. The summed E-state index contributed by atoms with van der Waals surface area (Å²) in [6.07, 6.45) is 0.0415. The molecule has 0 aromatic heterocycles. The standard InChI is InChI=1S/C20H24O5/c1-12-6-7-17(23-3)15(8-12)16-10-14(13(2)9-19(21)22)11-18(24-4)20(16)25-5/h6-8,10-11,13H,9H2,1-5H3,(H,21,22). The van der Waals surface area contributed by atoms with Crippen molar-refractivity contribution >= 4 is 5.97 Å². The van der Waals surface area contributed by atoms with Gasteiger partial charge in [-0.1, -0.05) is 18.6 Å². The van der Waals surface area contributed by atoms with Gasteiger partial charge >= 0.3 is 5.97 Å². The molecule has 0 aliphatic rings. The van der Waals surface area contributed by atoms with E-state index in [1.165, 1.54) is 0 Å². The van der Waals surface area contributed by atoms with E-state index >= 15 is 0 Å². The quantitative estimate of drug-likeness (QED) is 0.813. The van der Waals surface area contributed by atoms with Crippen molar-refractivity contribution in [3.8, 4) is 28.4 Å². The normalized spacial score (nSPS) is 11.7. The van der Waals surface area contributed by atoms with Gasteiger partial charge in [0.15, 0.2) is 11.5 Å². The maximum atomic E-state index is 11.1. The Balaban J connectivity index is 2.70. The fourth-order valence-corrected chi connectivity index (χ4v) is 2.88. The summed E-state index contributed by atoms with van der Waals surface area (Å²) in [4.78, 5) is 11.1. The number of benzene rings is 2. The van der Waals surface area contributed by atoms with Crippen LogP contribution in [-0.4, -0.2) is 32.4 Å². The minimum absolute atomic E-state index is 0.0415. The molecular weight excluding hydrogens is 320 g/mol. The molecule has 1 N–H and O–H groups in total. The van der Waals surface area contributed by atoms with E-state index < -0.39 is 5.97 Å². The van der Waals surface area contributed by atoms with Crippen molar-refractivity contribution in [3.63, 3.8) is 0 Å². The molecule has 2 rings (SSSR count). The predicted octanol–water partition coefficient (Wildman–Crippen LogP) is 4.27. The van der Waals surface area contributed by atoms with Crippen LogP contribution in [0.5, 0.6) is 17.2 Å². The lowest BCUT2D eigenvalue weighted by Crippen LogP contribution is -2.04. The van der Waals surface area contributed by atoms with E-state index in [4.69, 9.17) is 19.3 Å². The number of aliphatic carboxylic acids is 1. The van der Waals surface area contributed by atoms with Crippen molar-refractivity contribution < 1.29 is 24.1 Å². The molecule has 1 unspecified atom stereocenters. The molecule has 2 aromatic carbocycles. The summed E-state index contributed by atoms with van der Waals surface area (Å²) in [5, 5.41) is 9.10. The first-order valence-electron chi connectivity index (χ1n) is 8.04. The highest BCUT2D eigenvalue weighted by Gasteiger charge is 2.20. The summed E-state index contributed by atoms with van der Waals surface area (Å²) in [5.41, 5.74) is 3.65. The molecule has 0 fully saturated rings. The van der Waals surface area contributed by atoms with Crippen LogP contribution in [0.2, 0.25) is 0 Å². The van der Waals surface area contributed by atoms with Gasteiger partial charge in [-0.25, -0.2) is 0 Å². The zero-order valence-corrected chi connectivity index (χ0v) is 15.3. The number of carboxylic acids is 1. The van der Waals surface area contributed by atoms with Gasteiger partial charge in [-0.15, -0.1) is 0 Å². The Bertz CT molecular complexity index is 767. The van der Waals surface area contributed by atoms with Gasteiger partial charge in [0, 0.05) is 11.1 Å². The average molecular weight is 344 g/mol. The number of aryl methyl sites for hydroxylation is 1. The van der Waals surface area contributed by atoms with Crippen LogP contribution in [0.15, 0.2) is 30.3 Å². The molecule has 0 aliphatic carbocycles. The SMILES string of the molecule is COc1ccc(C)cc1-c1cc(C(C)CC(=O)O)cc(OC)c1OC. The van der Waals surface area contributed by atoms with Crippen LogP contribution in [0, 0.1) is 6.92 Å². The van der Waals surface area contributed by atoms with Crippen LogP contribution in [0.3, 0.4) is 0 Å². The zero-order chi connectivity index (χ0) is 18.6. The van der Waals surface area contributed by atoms with E-state index in [1.807, 2.05) is 44.2 Å². The van der Waals surface area contributed by atoms with E-state index in [0.717, 1.165) is 22.3 Å². The number of carbonyl (C=O) groups is 1. The third-order valence-corrected chi connectivity index (χ3v) is 4.20. The Morgan fingerprint density at radius 2 is 1.68 bits per heavy atom. The Hall–Kier alpha value is -2.69. The monoisotopic (exact) mass is 344 g/mol. The second kappa shape index (κ2) is 7.92. The van der Waals surface area contributed by atoms with Crippen LogP contribution in [0.25, 0.3) is 11.1 Å². The van der Waals surface area contributed by atoms with Gasteiger partial charge < -0.3 is 19.3 Å². The van der Waals surface area contributed by atoms with Gasteiger partial charge in [-0.05, 0) is 42.7 Å². The van der Waals surface area contributed by atoms with Crippen molar-refractivity contribution in [1.29, 1.82) is 0 Å². The van der Waals surface area contributed by atoms with Crippen LogP contribution in [-0.2, 0) is 4.79 Å². The summed E-state index contributed by atoms with van der Waals surface area (Å²) in [6, 6.07) is 9.68. The summed E-state index contributed by atoms with van der Waals surface area (Å²) in [6.45, 7) is 3.89. The van der Waals surface area contributed by atoms with Crippen LogP contribution < -0.4 is 14.2 Å². The Morgan fingerprint density at radius 1 is 1.00 bits per heavy atom. The molecule has 0 saturated heterocycles. The predicted molar refractivity (Wildman–Crippen MR) is 96.9 cm³/mol. The zero-order valence-electron chi connectivity index (χ0n) is 15.3. The average Bonchev–Trinajstić information content (AvgIpc) is 2.59. The molecule has 0 saturated carbocycles. The highest BCUT2D eigenvalue weighted by Crippen LogP contribution is 2.44. The molecule has 5 nitrogen and oxygen atoms in total. The largest absolute Gasteiger partial charge is 0.496 e. The molecule has 1 atom stereocenters. The van der Waals surface area contributed by atoms with E-state index in [-0.39, 0.29) is 12.3 Å². The highest BCUT2D eigenvalue weighted by atomic mass is 16.5. The first-order chi connectivity index (χ1) is 11.9. The molecule has 25 heavy (non-hydrogen) atoms. The Morgan fingerprint density at radius 3 is 2.24 bits per heavy atom. The Kier molecular flexibility index (Phi) is 5.91. The smallest absolute Gasteiger partial charge is 0.303 e. The fraction of sp³-hybridized carbons (Fsp3) is 0.350. The van der Waals surface area contributed by atoms with Gasteiger partial charge in [-0.3, -0.25) is 4.79 Å². The molecule has 134 valence electrons. The Labute approximate surface area is 148 Å². The van der Waals surface area contributed by atoms with Crippen molar-refractivity contribution in [2.75, 3.05) is 21.3 Å². The molecule has 0 bridgehead atoms. The number of rotatable bonds is 7. The topological polar surface area (TPSA) is 65.0 Å². The number of hydrogen-bond donors (Lipinski definition) is 1. The lowest BCUT2D eigenvalue weighted by molar-refractivity contribution is -0.137. The van der Waals surface area contributed by atoms with Crippen molar-refractivity contribution in [2.45, 2.75) is 26.2 Å². The molecule has 2 aromatic rings. The van der Waals surface area contributed by atoms with Crippen LogP contribution in [0.4, 0.5) is 0 Å². The second-order valence-electron chi connectivity index (χ2n) is 6.01. The molecule has 0 aliphatic heterocycles. The van der Waals surface area contributed by atoms with Gasteiger partial charge in [0.25, 0.3) is 0 Å². The second-order valence-corrected chi connectivity index (χ2v) is 6.01. The van der Waals surface area contributed by atoms with Crippen molar-refractivity contribution in [3.05, 3.63) is 41.5 Å². The maximum Gasteiger partial charge on any atom is 0.303 e. The van der Waals surface area contributed by atoms with Gasteiger partial charge in [0.1, 0.15) is 5.75 Å². The minimum Gasteiger partial charge on any atom is -0.496 e. The highest BCUT2D eigenvalue weighted by molar-refractivity contribution is 5.80. The number of carboxylic acid groups (broad SMARTS) is 1. The number of ether oxygens (including phenoxy) is 3. The lowest BCUT2D eigenvalue weighted by Gasteiger charge is -2.19. The molecule has 5 heteroatoms. The summed E-state index contributed by atoms with van der Waals surface area (Å²) in [7, 11) is 4.78. The summed E-state index contributed by atoms with van der Waals surface area (Å²) in [5.74, 6) is 0.881. The maximum absolute atomic E-state index is 11.1. The first kappa shape index (κ1) is 18.6. The third-order valence-electron chi connectivity index (χ3n) is 4.20. The van der Waals surface area contributed by atoms with E-state index in [2.05, 4.69) is 0 Å². The van der Waals surface area contributed by atoms with E-state index in [9.17, 15) is 4.79 Å². The fourth-order valence-electron chi connectivity index (χ4n) is 2.88. The van der Waals surface area contributed by atoms with Crippen molar-refractivity contribution in [2.24, 2.45) is 0 Å². The summed E-state index contributed by atoms with van der Waals surface area (Å²) < 4.78 is 16.6. The lowest BCUT2D eigenvalue weighted by atomic mass is 9.92. The molecule has 0 amide bonds. The van der Waals surface area contributed by atoms with E-state index in [1.54, 1.807) is 21.3 Å². The molecule has 0 spiro atoms. The molecular formula is C20H24O5. The summed E-state index contributed by atoms with van der Waals surface area (Å²) >= 11 is 0. The van der Waals surface area contributed by atoms with Crippen LogP contribution >= 0.6 is 0 Å². The van der Waals surface area contributed by atoms with Crippen molar-refractivity contribution in [1.82, 2.24) is 0 Å². The van der Waals surface area contributed by atoms with Gasteiger partial charge in [-0.2, -0.15) is 0 Å². The van der Waals surface area contributed by atoms with Crippen LogP contribution in [0.1, 0.15) is 30.4 Å². The molecule has 0 radical (unpaired) electrons. The minimum atomic E-state index is -0.836. The molecule has 0 heterocycles. The van der Waals surface area contributed by atoms with E-state index in [0.29, 0.717) is 17.2 Å². The van der Waals surface area contributed by atoms with Gasteiger partial charge in [0.2, 0.25) is 0 Å². The third kappa shape index (κ3) is 4.05. The number of hydrogen-bond acceptors (Lipinski definition) is 4.